The lowest BCUT2D eigenvalue weighted by Gasteiger charge is -2.03. The van der Waals surface area contributed by atoms with Crippen molar-refractivity contribution in [3.05, 3.63) is 36.3 Å². The minimum absolute atomic E-state index is 0.119. The number of aromatic nitrogens is 1. The highest BCUT2D eigenvalue weighted by atomic mass is 16.5. The Morgan fingerprint density at radius 3 is 2.67 bits per heavy atom. The molecule has 0 aliphatic rings. The van der Waals surface area contributed by atoms with Crippen LogP contribution in [0.4, 0.5) is 0 Å². The average molecular weight is 206 g/mol. The molecule has 0 radical (unpaired) electrons. The number of pyridine rings is 1. The van der Waals surface area contributed by atoms with E-state index in [1.165, 1.54) is 12.3 Å². The Balaban J connectivity index is 2.74. The molecule has 4 nitrogen and oxygen atoms in total. The fourth-order valence-corrected chi connectivity index (χ4v) is 0.949. The molecule has 0 amide bonds. The van der Waals surface area contributed by atoms with E-state index in [1.54, 1.807) is 30.3 Å². The molecule has 0 spiro atoms. The number of hydrogen-bond acceptors (Lipinski definition) is 4. The highest BCUT2D eigenvalue weighted by Gasteiger charge is 2.03. The van der Waals surface area contributed by atoms with Crippen molar-refractivity contribution in [1.82, 2.24) is 9.88 Å². The molecule has 0 saturated heterocycles. The second-order valence-electron chi connectivity index (χ2n) is 3.23. The van der Waals surface area contributed by atoms with Crippen LogP contribution in [0.25, 0.3) is 0 Å². The van der Waals surface area contributed by atoms with Crippen molar-refractivity contribution in [2.24, 2.45) is 0 Å². The van der Waals surface area contributed by atoms with E-state index >= 15 is 0 Å². The molecule has 1 rings (SSSR count). The molecule has 0 aromatic carbocycles. The zero-order chi connectivity index (χ0) is 11.3. The third kappa shape index (κ3) is 3.42. The summed E-state index contributed by atoms with van der Waals surface area (Å²) in [5.41, 5.74) is 0.411. The molecule has 0 atom stereocenters. The summed E-state index contributed by atoms with van der Waals surface area (Å²) in [4.78, 5) is 17.3. The summed E-state index contributed by atoms with van der Waals surface area (Å²) in [6.45, 7) is 0. The Kier molecular flexibility index (Phi) is 3.85. The lowest BCUT2D eigenvalue weighted by Crippen LogP contribution is -2.04. The van der Waals surface area contributed by atoms with Crippen LogP contribution >= 0.6 is 0 Å². The van der Waals surface area contributed by atoms with Gasteiger partial charge in [-0.05, 0) is 12.1 Å². The molecule has 1 aromatic heterocycles. The first-order valence-electron chi connectivity index (χ1n) is 4.52. The van der Waals surface area contributed by atoms with Crippen LogP contribution in [0.2, 0.25) is 0 Å². The second-order valence-corrected chi connectivity index (χ2v) is 3.23. The van der Waals surface area contributed by atoms with E-state index in [9.17, 15) is 4.79 Å². The topological polar surface area (TPSA) is 42.4 Å². The maximum Gasteiger partial charge on any atom is 0.205 e. The first kappa shape index (κ1) is 11.2. The Labute approximate surface area is 89.2 Å². The predicted molar refractivity (Wildman–Crippen MR) is 57.9 cm³/mol. The van der Waals surface area contributed by atoms with Gasteiger partial charge in [-0.2, -0.15) is 0 Å². The van der Waals surface area contributed by atoms with E-state index < -0.39 is 0 Å². The van der Waals surface area contributed by atoms with Crippen molar-refractivity contribution in [2.75, 3.05) is 21.2 Å². The molecular weight excluding hydrogens is 192 g/mol. The number of hydrogen-bond donors (Lipinski definition) is 0. The molecular formula is C11H14N2O2. The van der Waals surface area contributed by atoms with E-state index in [2.05, 4.69) is 4.98 Å². The summed E-state index contributed by atoms with van der Waals surface area (Å²) in [6, 6.07) is 3.35. The van der Waals surface area contributed by atoms with Gasteiger partial charge in [-0.1, -0.05) is 0 Å². The summed E-state index contributed by atoms with van der Waals surface area (Å²) in [5.74, 6) is 0.523. The first-order valence-corrected chi connectivity index (χ1v) is 4.52. The van der Waals surface area contributed by atoms with Gasteiger partial charge >= 0.3 is 0 Å². The van der Waals surface area contributed by atoms with Crippen LogP contribution in [0.1, 0.15) is 10.5 Å². The molecule has 0 saturated carbocycles. The molecule has 15 heavy (non-hydrogen) atoms. The average Bonchev–Trinajstić information content (AvgIpc) is 2.26. The van der Waals surface area contributed by atoms with Gasteiger partial charge in [0.15, 0.2) is 0 Å². The zero-order valence-electron chi connectivity index (χ0n) is 9.10. The number of methoxy groups -OCH3 is 1. The summed E-state index contributed by atoms with van der Waals surface area (Å²) >= 11 is 0. The van der Waals surface area contributed by atoms with Crippen LogP contribution in [0.15, 0.2) is 30.6 Å². The summed E-state index contributed by atoms with van der Waals surface area (Å²) < 4.78 is 4.95. The Morgan fingerprint density at radius 1 is 1.47 bits per heavy atom. The van der Waals surface area contributed by atoms with Crippen LogP contribution in [0.5, 0.6) is 5.75 Å². The monoisotopic (exact) mass is 206 g/mol. The van der Waals surface area contributed by atoms with Crippen molar-refractivity contribution in [3.8, 4) is 5.75 Å². The largest absolute Gasteiger partial charge is 0.495 e. The van der Waals surface area contributed by atoms with Crippen LogP contribution in [-0.2, 0) is 0 Å². The molecule has 0 fully saturated rings. The minimum atomic E-state index is -0.119. The lowest BCUT2D eigenvalue weighted by molar-refractivity contribution is 0.104. The fraction of sp³-hybridized carbons (Fsp3) is 0.273. The van der Waals surface area contributed by atoms with Gasteiger partial charge in [-0.25, -0.2) is 4.98 Å². The van der Waals surface area contributed by atoms with Crippen LogP contribution in [0, 0.1) is 0 Å². The second kappa shape index (κ2) is 5.14. The van der Waals surface area contributed by atoms with Crippen molar-refractivity contribution < 1.29 is 9.53 Å². The van der Waals surface area contributed by atoms with Gasteiger partial charge < -0.3 is 9.64 Å². The number of allylic oxidation sites excluding steroid dienone is 1. The molecule has 1 aromatic rings. The predicted octanol–water partition coefficient (Wildman–Crippen LogP) is 1.35. The van der Waals surface area contributed by atoms with Crippen molar-refractivity contribution in [2.45, 2.75) is 0 Å². The number of nitrogens with zero attached hydrogens (tertiary/aromatic N) is 2. The lowest BCUT2D eigenvalue weighted by atomic mass is 10.2. The van der Waals surface area contributed by atoms with E-state index in [4.69, 9.17) is 4.74 Å². The maximum atomic E-state index is 11.5. The highest BCUT2D eigenvalue weighted by Crippen LogP contribution is 2.08. The Hall–Kier alpha value is -1.84. The molecule has 0 aliphatic heterocycles. The van der Waals surface area contributed by atoms with E-state index in [0.717, 1.165) is 0 Å². The summed E-state index contributed by atoms with van der Waals surface area (Å²) in [6.07, 6.45) is 4.69. The van der Waals surface area contributed by atoms with Gasteiger partial charge in [-0.3, -0.25) is 4.79 Å². The van der Waals surface area contributed by atoms with Crippen LogP contribution < -0.4 is 4.74 Å². The summed E-state index contributed by atoms with van der Waals surface area (Å²) in [7, 11) is 5.26. The van der Waals surface area contributed by atoms with E-state index in [0.29, 0.717) is 11.4 Å². The third-order valence-electron chi connectivity index (χ3n) is 1.75. The molecule has 80 valence electrons. The van der Waals surface area contributed by atoms with Crippen molar-refractivity contribution >= 4 is 5.78 Å². The van der Waals surface area contributed by atoms with Crippen LogP contribution in [-0.4, -0.2) is 36.9 Å². The number of rotatable bonds is 4. The smallest absolute Gasteiger partial charge is 0.205 e. The van der Waals surface area contributed by atoms with Gasteiger partial charge in [0, 0.05) is 26.4 Å². The van der Waals surface area contributed by atoms with Gasteiger partial charge in [0.05, 0.1) is 13.3 Å². The zero-order valence-corrected chi connectivity index (χ0v) is 9.10. The Bertz CT molecular complexity index is 355. The van der Waals surface area contributed by atoms with Gasteiger partial charge in [-0.15, -0.1) is 0 Å². The SMILES string of the molecule is COc1ccc(C(=O)/C=C/N(C)C)nc1. The highest BCUT2D eigenvalue weighted by molar-refractivity contribution is 6.02. The molecule has 0 aliphatic carbocycles. The number of carbonyl (C=O) groups excluding carboxylic acids is 1. The molecule has 0 unspecified atom stereocenters. The molecule has 0 N–H and O–H groups in total. The van der Waals surface area contributed by atoms with E-state index in [-0.39, 0.29) is 5.78 Å². The maximum absolute atomic E-state index is 11.5. The quantitative estimate of drug-likeness (QED) is 0.551. The minimum Gasteiger partial charge on any atom is -0.495 e. The molecule has 4 heteroatoms. The molecule has 0 bridgehead atoms. The Morgan fingerprint density at radius 2 is 2.20 bits per heavy atom. The number of carbonyl (C=O) groups is 1. The normalized spacial score (nSPS) is 10.3. The van der Waals surface area contributed by atoms with Crippen molar-refractivity contribution in [3.63, 3.8) is 0 Å². The first-order chi connectivity index (χ1) is 7.13. The van der Waals surface area contributed by atoms with Gasteiger partial charge in [0.1, 0.15) is 11.4 Å². The number of ether oxygens (including phenoxy) is 1. The van der Waals surface area contributed by atoms with Crippen LogP contribution in [0.3, 0.4) is 0 Å². The molecule has 1 heterocycles. The summed E-state index contributed by atoms with van der Waals surface area (Å²) in [5, 5.41) is 0. The van der Waals surface area contributed by atoms with Gasteiger partial charge in [0.25, 0.3) is 0 Å². The van der Waals surface area contributed by atoms with Crippen molar-refractivity contribution in [1.29, 1.82) is 0 Å². The van der Waals surface area contributed by atoms with Gasteiger partial charge in [0.2, 0.25) is 5.78 Å². The van der Waals surface area contributed by atoms with E-state index in [1.807, 2.05) is 14.1 Å². The standard InChI is InChI=1S/C11H14N2O2/c1-13(2)7-6-11(14)10-5-4-9(15-3)8-12-10/h4-8H,1-3H3/b7-6+. The number of ketones is 1. The fourth-order valence-electron chi connectivity index (χ4n) is 0.949. The third-order valence-corrected chi connectivity index (χ3v) is 1.75.